The van der Waals surface area contributed by atoms with Crippen LogP contribution in [-0.4, -0.2) is 22.2 Å². The Bertz CT molecular complexity index is 1370. The highest BCUT2D eigenvalue weighted by molar-refractivity contribution is 6.02. The van der Waals surface area contributed by atoms with E-state index in [4.69, 9.17) is 9.84 Å². The lowest BCUT2D eigenvalue weighted by Crippen LogP contribution is -2.23. The normalized spacial score (nSPS) is 11.1. The maximum Gasteiger partial charge on any atom is 0.261 e. The fraction of sp³-hybridized carbons (Fsp3) is 0.107. The Kier molecular flexibility index (Phi) is 7.34. The fourth-order valence-corrected chi connectivity index (χ4v) is 3.45. The minimum Gasteiger partial charge on any atom is -0.489 e. The molecule has 0 fully saturated rings. The summed E-state index contributed by atoms with van der Waals surface area (Å²) in [5, 5.41) is 16.9. The predicted molar refractivity (Wildman–Crippen MR) is 132 cm³/mol. The summed E-state index contributed by atoms with van der Waals surface area (Å²) in [6.45, 7) is 2.53. The van der Waals surface area contributed by atoms with Crippen molar-refractivity contribution in [2.24, 2.45) is 0 Å². The van der Waals surface area contributed by atoms with Gasteiger partial charge < -0.3 is 10.1 Å². The van der Waals surface area contributed by atoms with Crippen LogP contribution >= 0.6 is 0 Å². The van der Waals surface area contributed by atoms with Gasteiger partial charge in [0.15, 0.2) is 0 Å². The molecule has 4 rings (SSSR count). The molecule has 35 heavy (non-hydrogen) atoms. The molecule has 1 N–H and O–H groups in total. The monoisotopic (exact) mass is 466 g/mol. The van der Waals surface area contributed by atoms with E-state index in [1.54, 1.807) is 36.0 Å². The number of likely N-dealkylation sites (N-methyl/N-ethyl adjacent to an activating group) is 1. The van der Waals surface area contributed by atoms with Crippen molar-refractivity contribution in [2.45, 2.75) is 13.5 Å². The first-order valence-electron chi connectivity index (χ1n) is 11.1. The Morgan fingerprint density at radius 2 is 1.80 bits per heavy atom. The first-order valence-corrected chi connectivity index (χ1v) is 11.1. The summed E-state index contributed by atoms with van der Waals surface area (Å²) in [7, 11) is 0. The first-order chi connectivity index (χ1) is 17.1. The van der Waals surface area contributed by atoms with Crippen LogP contribution in [0.3, 0.4) is 0 Å². The lowest BCUT2D eigenvalue weighted by atomic mass is 10.1. The van der Waals surface area contributed by atoms with Crippen LogP contribution in [0.2, 0.25) is 0 Å². The number of aromatic nitrogens is 2. The molecule has 0 spiro atoms. The zero-order valence-corrected chi connectivity index (χ0v) is 19.1. The average molecular weight is 467 g/mol. The van der Waals surface area contributed by atoms with Crippen molar-refractivity contribution in [2.75, 3.05) is 6.54 Å². The van der Waals surface area contributed by atoms with Crippen LogP contribution in [0.25, 0.3) is 23.0 Å². The van der Waals surface area contributed by atoms with E-state index in [1.165, 1.54) is 12.1 Å². The van der Waals surface area contributed by atoms with Crippen LogP contribution in [0.5, 0.6) is 5.75 Å². The van der Waals surface area contributed by atoms with Crippen molar-refractivity contribution in [3.05, 3.63) is 108 Å². The Labute approximate surface area is 202 Å². The second-order valence-corrected chi connectivity index (χ2v) is 7.68. The summed E-state index contributed by atoms with van der Waals surface area (Å²) in [5.74, 6) is -0.0692. The van der Waals surface area contributed by atoms with E-state index in [2.05, 4.69) is 5.32 Å². The Morgan fingerprint density at radius 3 is 2.46 bits per heavy atom. The molecule has 1 amide bonds. The number of hydrogen-bond donors (Lipinski definition) is 1. The first kappa shape index (κ1) is 23.5. The van der Waals surface area contributed by atoms with E-state index in [-0.39, 0.29) is 11.4 Å². The third-order valence-corrected chi connectivity index (χ3v) is 5.21. The molecule has 0 atom stereocenters. The van der Waals surface area contributed by atoms with E-state index < -0.39 is 5.91 Å². The second-order valence-electron chi connectivity index (χ2n) is 7.68. The minimum absolute atomic E-state index is 0.0000343. The van der Waals surface area contributed by atoms with Crippen molar-refractivity contribution in [3.8, 4) is 28.8 Å². The molecule has 0 saturated heterocycles. The molecule has 0 aliphatic heterocycles. The smallest absolute Gasteiger partial charge is 0.261 e. The van der Waals surface area contributed by atoms with Gasteiger partial charge in [-0.1, -0.05) is 30.3 Å². The molecule has 0 saturated carbocycles. The van der Waals surface area contributed by atoms with E-state index in [9.17, 15) is 14.4 Å². The number of carbonyl (C=O) groups excluding carboxylic acids is 1. The van der Waals surface area contributed by atoms with E-state index in [0.717, 1.165) is 16.8 Å². The Morgan fingerprint density at radius 1 is 1.09 bits per heavy atom. The highest BCUT2D eigenvalue weighted by Crippen LogP contribution is 2.28. The van der Waals surface area contributed by atoms with E-state index in [0.29, 0.717) is 30.2 Å². The number of rotatable bonds is 8. The number of para-hydroxylation sites is 1. The van der Waals surface area contributed by atoms with Crippen molar-refractivity contribution in [1.82, 2.24) is 15.1 Å². The average Bonchev–Trinajstić information content (AvgIpc) is 3.32. The SMILES string of the molecule is CCNC(=O)/C(C#N)=C/c1cn(-c2ccccc2)nc1-c1ccc(OCc2ccc(F)cc2)cc1. The molecule has 174 valence electrons. The summed E-state index contributed by atoms with van der Waals surface area (Å²) in [6, 6.07) is 25.1. The summed E-state index contributed by atoms with van der Waals surface area (Å²) in [6.07, 6.45) is 3.34. The summed E-state index contributed by atoms with van der Waals surface area (Å²) >= 11 is 0. The van der Waals surface area contributed by atoms with Crippen LogP contribution in [0.15, 0.2) is 90.6 Å². The number of ether oxygens (including phenoxy) is 1. The lowest BCUT2D eigenvalue weighted by molar-refractivity contribution is -0.116. The summed E-state index contributed by atoms with van der Waals surface area (Å²) < 4.78 is 20.6. The van der Waals surface area contributed by atoms with Gasteiger partial charge in [-0.25, -0.2) is 9.07 Å². The fourth-order valence-electron chi connectivity index (χ4n) is 3.45. The molecule has 7 heteroatoms. The Balaban J connectivity index is 1.64. The number of benzene rings is 3. The van der Waals surface area contributed by atoms with Gasteiger partial charge >= 0.3 is 0 Å². The summed E-state index contributed by atoms with van der Waals surface area (Å²) in [5.41, 5.74) is 3.77. The largest absolute Gasteiger partial charge is 0.489 e. The van der Waals surface area contributed by atoms with Gasteiger partial charge in [-0.2, -0.15) is 10.4 Å². The van der Waals surface area contributed by atoms with E-state index >= 15 is 0 Å². The molecule has 6 nitrogen and oxygen atoms in total. The number of amides is 1. The molecular weight excluding hydrogens is 443 g/mol. The van der Waals surface area contributed by atoms with Crippen molar-refractivity contribution in [1.29, 1.82) is 5.26 Å². The summed E-state index contributed by atoms with van der Waals surface area (Å²) in [4.78, 5) is 12.3. The molecule has 4 aromatic rings. The van der Waals surface area contributed by atoms with Crippen LogP contribution in [0.1, 0.15) is 18.1 Å². The Hall–Kier alpha value is -4.70. The second kappa shape index (κ2) is 10.9. The predicted octanol–water partition coefficient (Wildman–Crippen LogP) is 5.30. The van der Waals surface area contributed by atoms with Crippen LogP contribution in [0.4, 0.5) is 4.39 Å². The third-order valence-electron chi connectivity index (χ3n) is 5.21. The van der Waals surface area contributed by atoms with Gasteiger partial charge in [0.05, 0.1) is 11.4 Å². The van der Waals surface area contributed by atoms with Crippen LogP contribution in [0, 0.1) is 17.1 Å². The van der Waals surface area contributed by atoms with Crippen molar-refractivity contribution < 1.29 is 13.9 Å². The molecule has 1 aromatic heterocycles. The highest BCUT2D eigenvalue weighted by atomic mass is 19.1. The van der Waals surface area contributed by atoms with E-state index in [1.807, 2.05) is 60.7 Å². The van der Waals surface area contributed by atoms with Crippen molar-refractivity contribution >= 4 is 12.0 Å². The van der Waals surface area contributed by atoms with Gasteiger partial charge in [0, 0.05) is 23.9 Å². The molecular formula is C28H23FN4O2. The van der Waals surface area contributed by atoms with Crippen LogP contribution < -0.4 is 10.1 Å². The topological polar surface area (TPSA) is 79.9 Å². The minimum atomic E-state index is -0.432. The quantitative estimate of drug-likeness (QED) is 0.282. The molecule has 0 aliphatic carbocycles. The lowest BCUT2D eigenvalue weighted by Gasteiger charge is -2.07. The van der Waals surface area contributed by atoms with Gasteiger partial charge in [-0.3, -0.25) is 4.79 Å². The number of hydrogen-bond acceptors (Lipinski definition) is 4. The van der Waals surface area contributed by atoms with Gasteiger partial charge in [0.2, 0.25) is 0 Å². The number of nitriles is 1. The molecule has 0 bridgehead atoms. The highest BCUT2D eigenvalue weighted by Gasteiger charge is 2.15. The van der Waals surface area contributed by atoms with Crippen LogP contribution in [-0.2, 0) is 11.4 Å². The van der Waals surface area contributed by atoms with Gasteiger partial charge in [0.25, 0.3) is 5.91 Å². The van der Waals surface area contributed by atoms with Crippen molar-refractivity contribution in [3.63, 3.8) is 0 Å². The molecule has 0 aliphatic rings. The van der Waals surface area contributed by atoms with Gasteiger partial charge in [-0.15, -0.1) is 0 Å². The number of halogens is 1. The van der Waals surface area contributed by atoms with Gasteiger partial charge in [-0.05, 0) is 67.1 Å². The number of carbonyl (C=O) groups is 1. The zero-order chi connectivity index (χ0) is 24.6. The molecule has 1 heterocycles. The molecule has 3 aromatic carbocycles. The maximum atomic E-state index is 13.1. The molecule has 0 unspecified atom stereocenters. The third kappa shape index (κ3) is 5.81. The number of nitrogens with one attached hydrogen (secondary N) is 1. The maximum absolute atomic E-state index is 13.1. The number of nitrogens with zero attached hydrogens (tertiary/aromatic N) is 3. The van der Waals surface area contributed by atoms with Gasteiger partial charge in [0.1, 0.15) is 29.8 Å². The molecule has 0 radical (unpaired) electrons. The zero-order valence-electron chi connectivity index (χ0n) is 19.1. The standard InChI is InChI=1S/C28H23FN4O2/c1-2-31-28(34)22(17-30)16-23-18-33(25-6-4-3-5-7-25)32-27(23)21-10-14-26(15-11-21)35-19-20-8-12-24(29)13-9-20/h3-16,18H,2,19H2,1H3,(H,31,34)/b22-16+.